The van der Waals surface area contributed by atoms with E-state index in [9.17, 15) is 0 Å². The molecule has 1 aromatic heterocycles. The van der Waals surface area contributed by atoms with Gasteiger partial charge in [-0.25, -0.2) is 4.98 Å². The Hall–Kier alpha value is -0.120. The number of rotatable bonds is 7. The quantitative estimate of drug-likeness (QED) is 0.687. The van der Waals surface area contributed by atoms with E-state index < -0.39 is 0 Å². The first kappa shape index (κ1) is 13.9. The molecule has 0 aliphatic heterocycles. The van der Waals surface area contributed by atoms with Gasteiger partial charge in [0.1, 0.15) is 5.01 Å². The lowest BCUT2D eigenvalue weighted by Crippen LogP contribution is -2.28. The number of hydrogen-bond acceptors (Lipinski definition) is 3. The summed E-state index contributed by atoms with van der Waals surface area (Å²) in [6.07, 6.45) is 2.39. The molecule has 0 fully saturated rings. The summed E-state index contributed by atoms with van der Waals surface area (Å²) in [4.78, 5) is 7.06. The van der Waals surface area contributed by atoms with Crippen LogP contribution in [0.2, 0.25) is 0 Å². The van der Waals surface area contributed by atoms with Crippen LogP contribution in [0.3, 0.4) is 0 Å². The van der Waals surface area contributed by atoms with Gasteiger partial charge in [0.25, 0.3) is 0 Å². The monoisotopic (exact) mass is 260 g/mol. The minimum atomic E-state index is 0.418. The summed E-state index contributed by atoms with van der Waals surface area (Å²) in [5.41, 5.74) is 1.00. The summed E-state index contributed by atoms with van der Waals surface area (Å²) in [6, 6.07) is 0.418. The van der Waals surface area contributed by atoms with Crippen LogP contribution in [-0.4, -0.2) is 23.0 Å². The van der Waals surface area contributed by atoms with Crippen molar-refractivity contribution in [3.8, 4) is 0 Å². The molecule has 2 nitrogen and oxygen atoms in total. The third kappa shape index (κ3) is 3.72. The lowest BCUT2D eigenvalue weighted by Gasteiger charge is -2.26. The number of nitrogens with zero attached hydrogens (tertiary/aromatic N) is 2. The van der Waals surface area contributed by atoms with Gasteiger partial charge >= 0.3 is 0 Å². The average molecular weight is 261 g/mol. The summed E-state index contributed by atoms with van der Waals surface area (Å²) in [6.45, 7) is 8.97. The maximum absolute atomic E-state index is 5.78. The van der Waals surface area contributed by atoms with Crippen molar-refractivity contribution in [3.63, 3.8) is 0 Å². The van der Waals surface area contributed by atoms with E-state index in [1.165, 1.54) is 17.8 Å². The number of aromatic nitrogens is 1. The molecule has 0 bridgehead atoms. The third-order valence-corrected chi connectivity index (χ3v) is 3.97. The molecular formula is C12H21ClN2S. The zero-order valence-electron chi connectivity index (χ0n) is 10.4. The molecule has 0 N–H and O–H groups in total. The fraction of sp³-hybridized carbons (Fsp3) is 0.750. The smallest absolute Gasteiger partial charge is 0.110 e. The van der Waals surface area contributed by atoms with Gasteiger partial charge < -0.3 is 0 Å². The van der Waals surface area contributed by atoms with Crippen molar-refractivity contribution in [2.45, 2.75) is 45.5 Å². The predicted molar refractivity (Wildman–Crippen MR) is 72.2 cm³/mol. The second-order valence-corrected chi connectivity index (χ2v) is 5.18. The Bertz CT molecular complexity index is 295. The second kappa shape index (κ2) is 7.25. The Morgan fingerprint density at radius 1 is 1.38 bits per heavy atom. The van der Waals surface area contributed by atoms with Crippen molar-refractivity contribution in [1.29, 1.82) is 0 Å². The normalized spacial score (nSPS) is 13.3. The molecule has 0 radical (unpaired) electrons. The van der Waals surface area contributed by atoms with E-state index in [-0.39, 0.29) is 0 Å². The Kier molecular flexibility index (Phi) is 6.32. The fourth-order valence-electron chi connectivity index (χ4n) is 1.81. The molecule has 1 aromatic rings. The molecular weight excluding hydrogens is 240 g/mol. The lowest BCUT2D eigenvalue weighted by molar-refractivity contribution is 0.210. The number of thiazole rings is 1. The van der Waals surface area contributed by atoms with Crippen LogP contribution in [0.5, 0.6) is 0 Å². The molecule has 1 rings (SSSR count). The van der Waals surface area contributed by atoms with Crippen LogP contribution >= 0.6 is 22.9 Å². The maximum atomic E-state index is 5.78. The van der Waals surface area contributed by atoms with Gasteiger partial charge in [-0.2, -0.15) is 0 Å². The van der Waals surface area contributed by atoms with Crippen molar-refractivity contribution in [2.24, 2.45) is 0 Å². The van der Waals surface area contributed by atoms with Crippen molar-refractivity contribution in [2.75, 3.05) is 13.1 Å². The minimum absolute atomic E-state index is 0.418. The molecule has 0 aliphatic carbocycles. The van der Waals surface area contributed by atoms with Gasteiger partial charge in [-0.05, 0) is 32.9 Å². The largest absolute Gasteiger partial charge is 0.294 e. The molecule has 1 atom stereocenters. The van der Waals surface area contributed by atoms with Crippen LogP contribution in [0, 0.1) is 0 Å². The highest BCUT2D eigenvalue weighted by molar-refractivity contribution is 7.09. The molecule has 0 aromatic carbocycles. The van der Waals surface area contributed by atoms with Crippen LogP contribution in [0.1, 0.15) is 50.4 Å². The zero-order chi connectivity index (χ0) is 12.0. The minimum Gasteiger partial charge on any atom is -0.294 e. The van der Waals surface area contributed by atoms with Crippen LogP contribution in [0.15, 0.2) is 5.38 Å². The van der Waals surface area contributed by atoms with Crippen LogP contribution in [0.4, 0.5) is 0 Å². The first-order valence-corrected chi connectivity index (χ1v) is 7.38. The molecule has 4 heteroatoms. The van der Waals surface area contributed by atoms with E-state index >= 15 is 0 Å². The molecule has 0 saturated heterocycles. The highest BCUT2D eigenvalue weighted by Crippen LogP contribution is 2.24. The number of halogens is 1. The van der Waals surface area contributed by atoms with Gasteiger partial charge in [-0.1, -0.05) is 13.8 Å². The van der Waals surface area contributed by atoms with Crippen molar-refractivity contribution in [3.05, 3.63) is 16.1 Å². The van der Waals surface area contributed by atoms with Crippen LogP contribution in [0.25, 0.3) is 0 Å². The molecule has 1 unspecified atom stereocenters. The Morgan fingerprint density at radius 3 is 2.44 bits per heavy atom. The SMILES string of the molecule is CCCN(CCC)C(C)c1nc(CCl)cs1. The lowest BCUT2D eigenvalue weighted by atomic mass is 10.2. The average Bonchev–Trinajstić information content (AvgIpc) is 2.76. The van der Waals surface area contributed by atoms with Crippen LogP contribution < -0.4 is 0 Å². The van der Waals surface area contributed by atoms with Gasteiger partial charge in [-0.3, -0.25) is 4.90 Å². The molecule has 0 aliphatic rings. The van der Waals surface area contributed by atoms with Crippen molar-refractivity contribution < 1.29 is 0 Å². The number of alkyl halides is 1. The Balaban J connectivity index is 2.68. The van der Waals surface area contributed by atoms with Gasteiger partial charge in [0, 0.05) is 5.38 Å². The summed E-state index contributed by atoms with van der Waals surface area (Å²) < 4.78 is 0. The van der Waals surface area contributed by atoms with Crippen LogP contribution in [-0.2, 0) is 5.88 Å². The van der Waals surface area contributed by atoms with Gasteiger partial charge in [0.15, 0.2) is 0 Å². The maximum Gasteiger partial charge on any atom is 0.110 e. The van der Waals surface area contributed by atoms with E-state index in [1.54, 1.807) is 11.3 Å². The third-order valence-electron chi connectivity index (χ3n) is 2.63. The fourth-order valence-corrected chi connectivity index (χ4v) is 2.94. The summed E-state index contributed by atoms with van der Waals surface area (Å²) in [5, 5.41) is 3.26. The predicted octanol–water partition coefficient (Wildman–Crippen LogP) is 4.06. The molecule has 0 spiro atoms. The van der Waals surface area contributed by atoms with E-state index in [0.717, 1.165) is 18.8 Å². The first-order chi connectivity index (χ1) is 7.72. The van der Waals surface area contributed by atoms with E-state index in [0.29, 0.717) is 11.9 Å². The molecule has 16 heavy (non-hydrogen) atoms. The van der Waals surface area contributed by atoms with Gasteiger partial charge in [0.05, 0.1) is 17.6 Å². The van der Waals surface area contributed by atoms with Crippen molar-refractivity contribution >= 4 is 22.9 Å². The Morgan fingerprint density at radius 2 is 2.00 bits per heavy atom. The highest BCUT2D eigenvalue weighted by atomic mass is 35.5. The zero-order valence-corrected chi connectivity index (χ0v) is 11.9. The van der Waals surface area contributed by atoms with Crippen molar-refractivity contribution in [1.82, 2.24) is 9.88 Å². The first-order valence-electron chi connectivity index (χ1n) is 5.97. The summed E-state index contributed by atoms with van der Waals surface area (Å²) >= 11 is 7.50. The van der Waals surface area contributed by atoms with E-state index in [2.05, 4.69) is 36.0 Å². The molecule has 1 heterocycles. The summed E-state index contributed by atoms with van der Waals surface area (Å²) in [7, 11) is 0. The van der Waals surface area contributed by atoms with E-state index in [1.807, 2.05) is 0 Å². The second-order valence-electron chi connectivity index (χ2n) is 4.02. The molecule has 92 valence electrons. The van der Waals surface area contributed by atoms with E-state index in [4.69, 9.17) is 11.6 Å². The molecule has 0 amide bonds. The highest BCUT2D eigenvalue weighted by Gasteiger charge is 2.17. The number of hydrogen-bond donors (Lipinski definition) is 0. The Labute approximate surface area is 108 Å². The standard InChI is InChI=1S/C12H21ClN2S/c1-4-6-15(7-5-2)10(3)12-14-11(8-13)9-16-12/h9-10H,4-8H2,1-3H3. The molecule has 0 saturated carbocycles. The summed E-state index contributed by atoms with van der Waals surface area (Å²) in [5.74, 6) is 0.519. The van der Waals surface area contributed by atoms with Gasteiger partial charge in [-0.15, -0.1) is 22.9 Å². The topological polar surface area (TPSA) is 16.1 Å². The van der Waals surface area contributed by atoms with Gasteiger partial charge in [0.2, 0.25) is 0 Å².